The lowest BCUT2D eigenvalue weighted by Crippen LogP contribution is -2.46. The second-order valence-corrected chi connectivity index (χ2v) is 9.55. The number of hydrogen-bond acceptors (Lipinski definition) is 6. The average Bonchev–Trinajstić information content (AvgIpc) is 2.68. The number of ether oxygens (including phenoxy) is 2. The summed E-state index contributed by atoms with van der Waals surface area (Å²) in [6, 6.07) is 5.62. The van der Waals surface area contributed by atoms with Gasteiger partial charge in [0.2, 0.25) is 6.17 Å². The van der Waals surface area contributed by atoms with E-state index in [1.54, 1.807) is 32.9 Å². The number of rotatable bonds is 8. The summed E-state index contributed by atoms with van der Waals surface area (Å²) < 4.78 is 54.4. The number of aryl methyl sites for hydroxylation is 1. The van der Waals surface area contributed by atoms with Gasteiger partial charge in [-0.3, -0.25) is 4.98 Å². The van der Waals surface area contributed by atoms with Gasteiger partial charge in [0.25, 0.3) is 0 Å². The van der Waals surface area contributed by atoms with Crippen molar-refractivity contribution in [3.8, 4) is 11.5 Å². The number of halogens is 2. The Labute approximate surface area is 178 Å². The summed E-state index contributed by atoms with van der Waals surface area (Å²) in [4.78, 5) is 16.1. The molecular weight excluding hydrogens is 414 g/mol. The number of nitrogens with zero attached hydrogens (tertiary/aromatic N) is 1. The minimum absolute atomic E-state index is 0.0413. The Morgan fingerprint density at radius 2 is 1.93 bits per heavy atom. The lowest BCUT2D eigenvalue weighted by molar-refractivity contribution is -0.150. The van der Waals surface area contributed by atoms with Crippen LogP contribution in [0.4, 0.5) is 8.78 Å². The zero-order valence-corrected chi connectivity index (χ0v) is 18.4. The second kappa shape index (κ2) is 10.2. The molecule has 0 aliphatic rings. The first-order valence-electron chi connectivity index (χ1n) is 9.41. The smallest absolute Gasteiger partial charge is 0.342 e. The quantitative estimate of drug-likeness (QED) is 0.486. The number of alkyl halides is 1. The van der Waals surface area contributed by atoms with Crippen molar-refractivity contribution >= 4 is 17.3 Å². The topological polar surface area (TPSA) is 83.5 Å². The van der Waals surface area contributed by atoms with E-state index >= 15 is 0 Å². The normalized spacial score (nSPS) is 14.7. The van der Waals surface area contributed by atoms with Crippen molar-refractivity contribution in [3.63, 3.8) is 0 Å². The molecule has 0 aliphatic carbocycles. The van der Waals surface area contributed by atoms with Crippen molar-refractivity contribution in [2.24, 2.45) is 0 Å². The highest BCUT2D eigenvalue weighted by atomic mass is 32.2. The summed E-state index contributed by atoms with van der Waals surface area (Å²) in [5.74, 6) is -1.33. The minimum atomic E-state index is -2.28. The zero-order valence-electron chi connectivity index (χ0n) is 17.6. The highest BCUT2D eigenvalue weighted by molar-refractivity contribution is 7.90. The van der Waals surface area contributed by atoms with Crippen molar-refractivity contribution in [1.82, 2.24) is 9.71 Å². The molecule has 1 aromatic heterocycles. The fourth-order valence-electron chi connectivity index (χ4n) is 2.41. The molecule has 0 aliphatic heterocycles. The van der Waals surface area contributed by atoms with Crippen molar-refractivity contribution in [2.45, 2.75) is 51.6 Å². The maximum absolute atomic E-state index is 15.0. The maximum atomic E-state index is 15.0. The van der Waals surface area contributed by atoms with Gasteiger partial charge >= 0.3 is 5.97 Å². The van der Waals surface area contributed by atoms with E-state index in [4.69, 9.17) is 9.47 Å². The van der Waals surface area contributed by atoms with Gasteiger partial charge in [-0.15, -0.1) is 4.72 Å². The third-order valence-electron chi connectivity index (χ3n) is 4.02. The molecule has 0 radical (unpaired) electrons. The van der Waals surface area contributed by atoms with Gasteiger partial charge in [0.15, 0.2) is 0 Å². The van der Waals surface area contributed by atoms with Crippen LogP contribution in [0.25, 0.3) is 0 Å². The molecule has 1 heterocycles. The Hall–Kier alpha value is -2.23. The van der Waals surface area contributed by atoms with E-state index in [0.29, 0.717) is 5.75 Å². The highest BCUT2D eigenvalue weighted by Crippen LogP contribution is 2.31. The van der Waals surface area contributed by atoms with Crippen LogP contribution in [-0.2, 0) is 20.9 Å². The molecule has 0 spiro atoms. The summed E-state index contributed by atoms with van der Waals surface area (Å²) in [5.41, 5.74) is 0.594. The van der Waals surface area contributed by atoms with Crippen LogP contribution < -0.4 is 9.46 Å². The van der Waals surface area contributed by atoms with Crippen LogP contribution in [0.15, 0.2) is 36.5 Å². The summed E-state index contributed by atoms with van der Waals surface area (Å²) in [7, 11) is 0. The fourth-order valence-corrected chi connectivity index (χ4v) is 3.24. The Kier molecular flexibility index (Phi) is 8.17. The number of hydrogen-bond donors (Lipinski definition) is 1. The first-order valence-corrected chi connectivity index (χ1v) is 10.6. The Morgan fingerprint density at radius 1 is 1.27 bits per heavy atom. The van der Waals surface area contributed by atoms with Crippen LogP contribution in [0.3, 0.4) is 0 Å². The maximum Gasteiger partial charge on any atom is 0.342 e. The molecule has 1 N–H and O–H groups in total. The first-order chi connectivity index (χ1) is 14.0. The molecule has 30 heavy (non-hydrogen) atoms. The van der Waals surface area contributed by atoms with Crippen LogP contribution in [0.2, 0.25) is 0 Å². The molecule has 2 aromatic rings. The zero-order chi connectivity index (χ0) is 22.5. The van der Waals surface area contributed by atoms with Crippen LogP contribution in [-0.4, -0.2) is 33.0 Å². The van der Waals surface area contributed by atoms with Gasteiger partial charge in [-0.25, -0.2) is 13.6 Å². The van der Waals surface area contributed by atoms with Crippen LogP contribution in [0.5, 0.6) is 11.5 Å². The number of carbonyl (C=O) groups excluding carboxylic acids is 1. The third-order valence-corrected chi connectivity index (χ3v) is 5.60. The standard InChI is InChI=1S/C21H26F2N2O4S/c1-6-28-20(26)18(23)19(25-30(27)21(3,4)5)16-11-14(9-10-17(16)22)29-15-8-7-13(2)24-12-15/h7-12,18-19,25H,6H2,1-5H3/t18?,19?,30-/m1/s1. The second-order valence-electron chi connectivity index (χ2n) is 7.55. The van der Waals surface area contributed by atoms with Crippen molar-refractivity contribution < 1.29 is 27.6 Å². The van der Waals surface area contributed by atoms with E-state index in [2.05, 4.69) is 9.71 Å². The number of esters is 1. The number of nitrogens with one attached hydrogen (secondary N) is 1. The third kappa shape index (κ3) is 6.38. The van der Waals surface area contributed by atoms with Gasteiger partial charge in [0.1, 0.15) is 28.1 Å². The van der Waals surface area contributed by atoms with Crippen molar-refractivity contribution in [3.05, 3.63) is 53.6 Å². The molecule has 3 atom stereocenters. The van der Waals surface area contributed by atoms with Gasteiger partial charge in [-0.2, -0.15) is 0 Å². The predicted octanol–water partition coefficient (Wildman–Crippen LogP) is 4.32. The van der Waals surface area contributed by atoms with Gasteiger partial charge < -0.3 is 14.0 Å². The summed E-state index contributed by atoms with van der Waals surface area (Å²) in [6.45, 7) is 8.33. The largest absolute Gasteiger partial charge is 0.598 e. The first kappa shape index (κ1) is 24.0. The molecule has 9 heteroatoms. The van der Waals surface area contributed by atoms with Gasteiger partial charge in [-0.1, -0.05) is 0 Å². The average molecular weight is 441 g/mol. The number of pyridine rings is 1. The lowest BCUT2D eigenvalue weighted by atomic mass is 10.0. The highest BCUT2D eigenvalue weighted by Gasteiger charge is 2.39. The van der Waals surface area contributed by atoms with Gasteiger partial charge in [0.05, 0.1) is 12.8 Å². The molecule has 0 bridgehead atoms. The fraction of sp³-hybridized carbons (Fsp3) is 0.429. The van der Waals surface area contributed by atoms with Gasteiger partial charge in [-0.05, 0) is 65.0 Å². The molecule has 0 saturated heterocycles. The van der Waals surface area contributed by atoms with Gasteiger partial charge in [0, 0.05) is 22.6 Å². The van der Waals surface area contributed by atoms with E-state index in [1.807, 2.05) is 6.92 Å². The molecule has 1 aromatic carbocycles. The van der Waals surface area contributed by atoms with E-state index in [1.165, 1.54) is 25.3 Å². The predicted molar refractivity (Wildman–Crippen MR) is 111 cm³/mol. The number of carbonyl (C=O) groups is 1. The summed E-state index contributed by atoms with van der Waals surface area (Å²) in [5, 5.41) is 0. The SMILES string of the molecule is CCOC(=O)C(F)C(N[S@+]([O-])C(C)(C)C)c1cc(Oc2ccc(C)nc2)ccc1F. The van der Waals surface area contributed by atoms with Crippen LogP contribution in [0.1, 0.15) is 45.0 Å². The Morgan fingerprint density at radius 3 is 2.50 bits per heavy atom. The van der Waals surface area contributed by atoms with Crippen molar-refractivity contribution in [2.75, 3.05) is 6.61 Å². The van der Waals surface area contributed by atoms with Crippen LogP contribution >= 0.6 is 0 Å². The Balaban J connectivity index is 2.39. The molecule has 2 unspecified atom stereocenters. The van der Waals surface area contributed by atoms with Crippen molar-refractivity contribution in [1.29, 1.82) is 0 Å². The molecule has 0 amide bonds. The van der Waals surface area contributed by atoms with E-state index in [0.717, 1.165) is 11.8 Å². The summed E-state index contributed by atoms with van der Waals surface area (Å²) >= 11 is -1.78. The monoisotopic (exact) mass is 440 g/mol. The van der Waals surface area contributed by atoms with E-state index in [-0.39, 0.29) is 17.9 Å². The lowest BCUT2D eigenvalue weighted by Gasteiger charge is -2.29. The van der Waals surface area contributed by atoms with Crippen LogP contribution in [0, 0.1) is 12.7 Å². The minimum Gasteiger partial charge on any atom is -0.598 e. The molecule has 164 valence electrons. The summed E-state index contributed by atoms with van der Waals surface area (Å²) in [6.07, 6.45) is -0.777. The Bertz CT molecular complexity index is 859. The number of aromatic nitrogens is 1. The molecule has 6 nitrogen and oxygen atoms in total. The van der Waals surface area contributed by atoms with E-state index < -0.39 is 40.1 Å². The molecule has 0 saturated carbocycles. The molecule has 2 rings (SSSR count). The van der Waals surface area contributed by atoms with E-state index in [9.17, 15) is 18.1 Å². The molecular formula is C21H26F2N2O4S. The number of benzene rings is 1. The molecule has 0 fully saturated rings.